The molecule has 0 atom stereocenters. The van der Waals surface area contributed by atoms with Gasteiger partial charge in [0, 0.05) is 36.0 Å². The van der Waals surface area contributed by atoms with Gasteiger partial charge in [-0.25, -0.2) is 9.97 Å². The van der Waals surface area contributed by atoms with E-state index in [1.807, 2.05) is 35.9 Å². The fraction of sp³-hybridized carbons (Fsp3) is 0.100. The van der Waals surface area contributed by atoms with Gasteiger partial charge in [0.1, 0.15) is 5.82 Å². The number of nitrogens with zero attached hydrogens (tertiary/aromatic N) is 6. The van der Waals surface area contributed by atoms with Crippen molar-refractivity contribution in [3.05, 3.63) is 79.2 Å². The van der Waals surface area contributed by atoms with E-state index in [1.54, 1.807) is 43.4 Å². The summed E-state index contributed by atoms with van der Waals surface area (Å²) in [5, 5.41) is 2.78. The number of carbonyl (C=O) groups is 1. The number of hydrogen-bond acceptors (Lipinski definition) is 6. The van der Waals surface area contributed by atoms with Gasteiger partial charge in [-0.1, -0.05) is 0 Å². The van der Waals surface area contributed by atoms with Crippen molar-refractivity contribution in [2.75, 3.05) is 5.32 Å². The first-order valence-corrected chi connectivity index (χ1v) is 8.65. The van der Waals surface area contributed by atoms with Crippen LogP contribution in [0.2, 0.25) is 0 Å². The summed E-state index contributed by atoms with van der Waals surface area (Å²) in [6.07, 6.45) is 12.1. The second-order valence-electron chi connectivity index (χ2n) is 6.18. The number of nitrogens with one attached hydrogen (secondary N) is 1. The summed E-state index contributed by atoms with van der Waals surface area (Å²) in [5.74, 6) is 0.293. The molecule has 0 aliphatic heterocycles. The van der Waals surface area contributed by atoms with Gasteiger partial charge in [-0.2, -0.15) is 0 Å². The Bertz CT molecular complexity index is 1070. The second kappa shape index (κ2) is 7.75. The lowest BCUT2D eigenvalue weighted by Gasteiger charge is -2.06. The summed E-state index contributed by atoms with van der Waals surface area (Å²) < 4.78 is 1.88. The van der Waals surface area contributed by atoms with Crippen LogP contribution in [-0.4, -0.2) is 35.4 Å². The van der Waals surface area contributed by atoms with Gasteiger partial charge >= 0.3 is 0 Å². The SMILES string of the molecule is Cc1cn(-c2ccc(CC(=O)Nc3ccc(-c4cnccn4)cn3)nc2)cn1. The number of imidazole rings is 1. The molecule has 0 unspecified atom stereocenters. The van der Waals surface area contributed by atoms with Crippen LogP contribution in [0.1, 0.15) is 11.4 Å². The van der Waals surface area contributed by atoms with Crippen molar-refractivity contribution >= 4 is 11.7 Å². The molecule has 0 aliphatic carbocycles. The molecule has 4 heterocycles. The highest BCUT2D eigenvalue weighted by Crippen LogP contribution is 2.16. The van der Waals surface area contributed by atoms with Gasteiger partial charge in [-0.3, -0.25) is 19.7 Å². The molecule has 28 heavy (non-hydrogen) atoms. The van der Waals surface area contributed by atoms with Gasteiger partial charge in [0.2, 0.25) is 5.91 Å². The molecule has 0 aromatic carbocycles. The fourth-order valence-electron chi connectivity index (χ4n) is 2.66. The van der Waals surface area contributed by atoms with Gasteiger partial charge in [-0.05, 0) is 31.2 Å². The molecule has 4 rings (SSSR count). The van der Waals surface area contributed by atoms with Gasteiger partial charge in [0.15, 0.2) is 0 Å². The van der Waals surface area contributed by atoms with Crippen LogP contribution in [0.3, 0.4) is 0 Å². The van der Waals surface area contributed by atoms with Crippen molar-refractivity contribution < 1.29 is 4.79 Å². The molecular weight excluding hydrogens is 354 g/mol. The number of rotatable bonds is 5. The van der Waals surface area contributed by atoms with E-state index in [1.165, 1.54) is 0 Å². The molecule has 0 bridgehead atoms. The van der Waals surface area contributed by atoms with Crippen LogP contribution in [0.25, 0.3) is 16.9 Å². The topological polar surface area (TPSA) is 98.5 Å². The van der Waals surface area contributed by atoms with Crippen LogP contribution in [0.15, 0.2) is 67.8 Å². The molecule has 1 amide bonds. The average molecular weight is 371 g/mol. The Kier molecular flexibility index (Phi) is 4.83. The zero-order valence-electron chi connectivity index (χ0n) is 15.1. The highest BCUT2D eigenvalue weighted by atomic mass is 16.1. The normalized spacial score (nSPS) is 10.6. The third kappa shape index (κ3) is 4.07. The van der Waals surface area contributed by atoms with E-state index < -0.39 is 0 Å². The van der Waals surface area contributed by atoms with Crippen molar-refractivity contribution in [3.8, 4) is 16.9 Å². The van der Waals surface area contributed by atoms with Crippen LogP contribution in [-0.2, 0) is 11.2 Å². The molecule has 8 heteroatoms. The van der Waals surface area contributed by atoms with Crippen LogP contribution in [0.4, 0.5) is 5.82 Å². The van der Waals surface area contributed by atoms with Crippen LogP contribution in [0.5, 0.6) is 0 Å². The Morgan fingerprint density at radius 3 is 2.57 bits per heavy atom. The number of amides is 1. The zero-order chi connectivity index (χ0) is 19.3. The van der Waals surface area contributed by atoms with Gasteiger partial charge in [-0.15, -0.1) is 0 Å². The van der Waals surface area contributed by atoms with Gasteiger partial charge in [0.05, 0.1) is 42.2 Å². The van der Waals surface area contributed by atoms with Crippen LogP contribution in [0, 0.1) is 6.92 Å². The van der Waals surface area contributed by atoms with E-state index in [9.17, 15) is 4.79 Å². The molecule has 4 aromatic heterocycles. The summed E-state index contributed by atoms with van der Waals surface area (Å²) >= 11 is 0. The smallest absolute Gasteiger partial charge is 0.231 e. The summed E-state index contributed by atoms with van der Waals surface area (Å²) in [7, 11) is 0. The van der Waals surface area contributed by atoms with E-state index in [0.29, 0.717) is 11.5 Å². The molecule has 0 spiro atoms. The molecule has 1 N–H and O–H groups in total. The van der Waals surface area contributed by atoms with E-state index in [2.05, 4.69) is 30.2 Å². The first-order chi connectivity index (χ1) is 13.7. The number of hydrogen-bond donors (Lipinski definition) is 1. The maximum Gasteiger partial charge on any atom is 0.231 e. The predicted octanol–water partition coefficient (Wildman–Crippen LogP) is 2.61. The second-order valence-corrected chi connectivity index (χ2v) is 6.18. The molecular formula is C20H17N7O. The number of pyridine rings is 2. The van der Waals surface area contributed by atoms with Crippen molar-refractivity contribution in [2.24, 2.45) is 0 Å². The minimum Gasteiger partial charge on any atom is -0.310 e. The molecule has 0 aliphatic rings. The van der Waals surface area contributed by atoms with Crippen molar-refractivity contribution in [1.29, 1.82) is 0 Å². The van der Waals surface area contributed by atoms with E-state index in [-0.39, 0.29) is 12.3 Å². The first-order valence-electron chi connectivity index (χ1n) is 8.65. The number of anilines is 1. The quantitative estimate of drug-likeness (QED) is 0.579. The maximum atomic E-state index is 12.3. The van der Waals surface area contributed by atoms with E-state index in [4.69, 9.17) is 0 Å². The van der Waals surface area contributed by atoms with Gasteiger partial charge in [0.25, 0.3) is 0 Å². The lowest BCUT2D eigenvalue weighted by molar-refractivity contribution is -0.115. The zero-order valence-corrected chi connectivity index (χ0v) is 15.1. The third-order valence-electron chi connectivity index (χ3n) is 4.05. The first kappa shape index (κ1) is 17.5. The molecule has 0 radical (unpaired) electrons. The molecule has 8 nitrogen and oxygen atoms in total. The monoisotopic (exact) mass is 371 g/mol. The summed E-state index contributed by atoms with van der Waals surface area (Å²) in [4.78, 5) is 33.3. The molecule has 0 saturated carbocycles. The largest absolute Gasteiger partial charge is 0.310 e. The Balaban J connectivity index is 1.37. The lowest BCUT2D eigenvalue weighted by atomic mass is 10.2. The minimum absolute atomic E-state index is 0.164. The summed E-state index contributed by atoms with van der Waals surface area (Å²) in [5.41, 5.74) is 4.06. The number of carbonyl (C=O) groups excluding carboxylic acids is 1. The Morgan fingerprint density at radius 1 is 1.00 bits per heavy atom. The van der Waals surface area contributed by atoms with Gasteiger partial charge < -0.3 is 9.88 Å². The van der Waals surface area contributed by atoms with Crippen molar-refractivity contribution in [2.45, 2.75) is 13.3 Å². The summed E-state index contributed by atoms with van der Waals surface area (Å²) in [6.45, 7) is 1.93. The fourth-order valence-corrected chi connectivity index (χ4v) is 2.66. The lowest BCUT2D eigenvalue weighted by Crippen LogP contribution is -2.16. The number of aryl methyl sites for hydroxylation is 1. The van der Waals surface area contributed by atoms with E-state index in [0.717, 1.165) is 22.6 Å². The highest BCUT2D eigenvalue weighted by molar-refractivity contribution is 5.91. The van der Waals surface area contributed by atoms with Crippen molar-refractivity contribution in [1.82, 2.24) is 29.5 Å². The Labute approximate surface area is 161 Å². The third-order valence-corrected chi connectivity index (χ3v) is 4.05. The predicted molar refractivity (Wildman–Crippen MR) is 104 cm³/mol. The highest BCUT2D eigenvalue weighted by Gasteiger charge is 2.08. The maximum absolute atomic E-state index is 12.3. The average Bonchev–Trinajstić information content (AvgIpc) is 3.16. The Morgan fingerprint density at radius 2 is 1.93 bits per heavy atom. The summed E-state index contributed by atoms with van der Waals surface area (Å²) in [6, 6.07) is 7.31. The van der Waals surface area contributed by atoms with Crippen LogP contribution < -0.4 is 5.32 Å². The molecule has 0 fully saturated rings. The van der Waals surface area contributed by atoms with E-state index >= 15 is 0 Å². The molecule has 138 valence electrons. The van der Waals surface area contributed by atoms with Crippen molar-refractivity contribution in [3.63, 3.8) is 0 Å². The minimum atomic E-state index is -0.182. The Hall–Kier alpha value is -3.94. The molecule has 4 aromatic rings. The number of aromatic nitrogens is 6. The standard InChI is InChI=1S/C20H17N7O/c1-14-12-27(13-25-14)17-4-3-16(23-10-17)8-20(28)26-19-5-2-15(9-24-19)18-11-21-6-7-22-18/h2-7,9-13H,8H2,1H3,(H,24,26,28). The molecule has 0 saturated heterocycles. The van der Waals surface area contributed by atoms with Crippen LogP contribution >= 0.6 is 0 Å².